The Morgan fingerprint density at radius 2 is 1.84 bits per heavy atom. The molecule has 0 spiro atoms. The fourth-order valence-corrected chi connectivity index (χ4v) is 3.32. The number of nitrogen functional groups attached to an aromatic ring is 2. The van der Waals surface area contributed by atoms with Crippen LogP contribution in [0.15, 0.2) is 24.3 Å². The number of aromatic nitrogens is 2. The first kappa shape index (κ1) is 22.3. The highest BCUT2D eigenvalue weighted by Gasteiger charge is 2.27. The summed E-state index contributed by atoms with van der Waals surface area (Å²) in [4.78, 5) is 21.9. The molecule has 2 aromatic rings. The molecule has 9 heteroatoms. The second-order valence-electron chi connectivity index (χ2n) is 8.48. The summed E-state index contributed by atoms with van der Waals surface area (Å²) < 4.78 is 11.5. The van der Waals surface area contributed by atoms with Gasteiger partial charge in [-0.3, -0.25) is 0 Å². The van der Waals surface area contributed by atoms with E-state index in [0.717, 1.165) is 24.0 Å². The van der Waals surface area contributed by atoms with Gasteiger partial charge in [0, 0.05) is 18.7 Å². The fourth-order valence-electron chi connectivity index (χ4n) is 3.32. The Labute approximate surface area is 182 Å². The standard InChI is InChI=1S/C22H28N6O3/c1-22(2,3)31-21(29)28-10-8-16(9-11-28)30-13-14-4-6-15(7-5-14)18-17(12-23)19(24)27-20(25)26-18/h4-7,16H,8-11,13H2,1-3H3,(H4,24,25,26,27). The van der Waals surface area contributed by atoms with E-state index in [-0.39, 0.29) is 29.5 Å². The number of nitrogens with two attached hydrogens (primary N) is 2. The highest BCUT2D eigenvalue weighted by atomic mass is 16.6. The summed E-state index contributed by atoms with van der Waals surface area (Å²) in [5.74, 6) is 0.0896. The van der Waals surface area contributed by atoms with Crippen LogP contribution in [0.25, 0.3) is 11.3 Å². The van der Waals surface area contributed by atoms with Gasteiger partial charge in [-0.15, -0.1) is 0 Å². The second-order valence-corrected chi connectivity index (χ2v) is 8.48. The minimum atomic E-state index is -0.492. The number of anilines is 2. The fraction of sp³-hybridized carbons (Fsp3) is 0.455. The lowest BCUT2D eigenvalue weighted by atomic mass is 10.0. The third-order valence-corrected chi connectivity index (χ3v) is 4.87. The number of carbonyl (C=O) groups is 1. The quantitative estimate of drug-likeness (QED) is 0.763. The van der Waals surface area contributed by atoms with Crippen LogP contribution in [0.4, 0.5) is 16.6 Å². The minimum Gasteiger partial charge on any atom is -0.444 e. The van der Waals surface area contributed by atoms with Crippen molar-refractivity contribution in [2.75, 3.05) is 24.6 Å². The predicted molar refractivity (Wildman–Crippen MR) is 117 cm³/mol. The van der Waals surface area contributed by atoms with Crippen molar-refractivity contribution < 1.29 is 14.3 Å². The van der Waals surface area contributed by atoms with Crippen LogP contribution in [0.2, 0.25) is 0 Å². The van der Waals surface area contributed by atoms with Gasteiger partial charge in [-0.1, -0.05) is 24.3 Å². The zero-order valence-corrected chi connectivity index (χ0v) is 18.1. The number of rotatable bonds is 4. The number of carbonyl (C=O) groups excluding carboxylic acids is 1. The summed E-state index contributed by atoms with van der Waals surface area (Å²) in [6.07, 6.45) is 1.35. The van der Waals surface area contributed by atoms with Gasteiger partial charge in [0.2, 0.25) is 5.95 Å². The highest BCUT2D eigenvalue weighted by Crippen LogP contribution is 2.26. The van der Waals surface area contributed by atoms with Crippen LogP contribution >= 0.6 is 0 Å². The van der Waals surface area contributed by atoms with Crippen LogP contribution in [0.5, 0.6) is 0 Å². The zero-order valence-electron chi connectivity index (χ0n) is 18.1. The number of nitrogens with zero attached hydrogens (tertiary/aromatic N) is 4. The van der Waals surface area contributed by atoms with Gasteiger partial charge >= 0.3 is 6.09 Å². The van der Waals surface area contributed by atoms with Gasteiger partial charge in [0.15, 0.2) is 0 Å². The SMILES string of the molecule is CC(C)(C)OC(=O)N1CCC(OCc2ccc(-c3nc(N)nc(N)c3C#N)cc2)CC1. The van der Waals surface area contributed by atoms with E-state index in [9.17, 15) is 10.1 Å². The first-order valence-corrected chi connectivity index (χ1v) is 10.2. The van der Waals surface area contributed by atoms with Crippen LogP contribution < -0.4 is 11.5 Å². The summed E-state index contributed by atoms with van der Waals surface area (Å²) in [6.45, 7) is 7.28. The minimum absolute atomic E-state index is 0.0247. The molecule has 0 unspecified atom stereocenters. The molecule has 9 nitrogen and oxygen atoms in total. The summed E-state index contributed by atoms with van der Waals surface area (Å²) in [7, 11) is 0. The molecule has 0 radical (unpaired) electrons. The maximum absolute atomic E-state index is 12.2. The summed E-state index contributed by atoms with van der Waals surface area (Å²) >= 11 is 0. The molecule has 1 aromatic carbocycles. The molecule has 0 aliphatic carbocycles. The van der Waals surface area contributed by atoms with Crippen LogP contribution in [0, 0.1) is 11.3 Å². The number of likely N-dealkylation sites (tertiary alicyclic amines) is 1. The van der Waals surface area contributed by atoms with E-state index in [1.807, 2.05) is 51.1 Å². The highest BCUT2D eigenvalue weighted by molar-refractivity contribution is 5.73. The van der Waals surface area contributed by atoms with E-state index in [2.05, 4.69) is 9.97 Å². The van der Waals surface area contributed by atoms with Gasteiger partial charge in [0.1, 0.15) is 23.1 Å². The second kappa shape index (κ2) is 9.18. The summed E-state index contributed by atoms with van der Waals surface area (Å²) in [5.41, 5.74) is 13.3. The van der Waals surface area contributed by atoms with E-state index in [1.54, 1.807) is 4.90 Å². The Bertz CT molecular complexity index is 970. The smallest absolute Gasteiger partial charge is 0.410 e. The van der Waals surface area contributed by atoms with Crippen LogP contribution in [0.3, 0.4) is 0 Å². The molecule has 2 heterocycles. The van der Waals surface area contributed by atoms with Gasteiger partial charge < -0.3 is 25.8 Å². The van der Waals surface area contributed by atoms with E-state index >= 15 is 0 Å². The maximum Gasteiger partial charge on any atom is 0.410 e. The van der Waals surface area contributed by atoms with Gasteiger partial charge in [-0.25, -0.2) is 9.78 Å². The molecular formula is C22H28N6O3. The Balaban J connectivity index is 1.54. The molecule has 0 saturated carbocycles. The Hall–Kier alpha value is -3.38. The molecule has 3 rings (SSSR count). The van der Waals surface area contributed by atoms with Gasteiger partial charge in [-0.05, 0) is 39.2 Å². The average Bonchev–Trinajstić information content (AvgIpc) is 2.71. The van der Waals surface area contributed by atoms with Crippen LogP contribution in [0.1, 0.15) is 44.7 Å². The molecule has 0 bridgehead atoms. The van der Waals surface area contributed by atoms with Crippen LogP contribution in [-0.2, 0) is 16.1 Å². The Morgan fingerprint density at radius 3 is 2.42 bits per heavy atom. The van der Waals surface area contributed by atoms with Crippen molar-refractivity contribution in [3.63, 3.8) is 0 Å². The van der Waals surface area contributed by atoms with Crippen molar-refractivity contribution >= 4 is 17.9 Å². The number of hydrogen-bond donors (Lipinski definition) is 2. The molecule has 0 atom stereocenters. The molecule has 31 heavy (non-hydrogen) atoms. The van der Waals surface area contributed by atoms with Crippen molar-refractivity contribution in [2.24, 2.45) is 0 Å². The van der Waals surface area contributed by atoms with Gasteiger partial charge in [0.25, 0.3) is 0 Å². The summed E-state index contributed by atoms with van der Waals surface area (Å²) in [5, 5.41) is 9.34. The molecular weight excluding hydrogens is 396 g/mol. The molecule has 1 aliphatic rings. The average molecular weight is 425 g/mol. The lowest BCUT2D eigenvalue weighted by molar-refractivity contribution is -0.0170. The predicted octanol–water partition coefficient (Wildman–Crippen LogP) is 3.10. The Morgan fingerprint density at radius 1 is 1.19 bits per heavy atom. The lowest BCUT2D eigenvalue weighted by Crippen LogP contribution is -2.43. The first-order valence-electron chi connectivity index (χ1n) is 10.2. The zero-order chi connectivity index (χ0) is 22.6. The number of piperidine rings is 1. The maximum atomic E-state index is 12.2. The molecule has 1 saturated heterocycles. The third kappa shape index (κ3) is 5.83. The molecule has 164 valence electrons. The first-order chi connectivity index (χ1) is 14.7. The van der Waals surface area contributed by atoms with E-state index in [0.29, 0.717) is 25.4 Å². The number of ether oxygens (including phenoxy) is 2. The number of amides is 1. The molecule has 4 N–H and O–H groups in total. The number of hydrogen-bond acceptors (Lipinski definition) is 8. The molecule has 1 fully saturated rings. The largest absolute Gasteiger partial charge is 0.444 e. The van der Waals surface area contributed by atoms with Crippen molar-refractivity contribution in [3.05, 3.63) is 35.4 Å². The number of benzene rings is 1. The van der Waals surface area contributed by atoms with Crippen LogP contribution in [-0.4, -0.2) is 45.8 Å². The van der Waals surface area contributed by atoms with Gasteiger partial charge in [0.05, 0.1) is 18.4 Å². The normalized spacial score (nSPS) is 14.8. The topological polar surface area (TPSA) is 140 Å². The third-order valence-electron chi connectivity index (χ3n) is 4.87. The number of nitriles is 1. The Kier molecular flexibility index (Phi) is 6.61. The van der Waals surface area contributed by atoms with Crippen molar-refractivity contribution in [3.8, 4) is 17.3 Å². The summed E-state index contributed by atoms with van der Waals surface area (Å²) in [6, 6.07) is 9.57. The lowest BCUT2D eigenvalue weighted by Gasteiger charge is -2.33. The molecule has 1 amide bonds. The van der Waals surface area contributed by atoms with Crippen molar-refractivity contribution in [1.82, 2.24) is 14.9 Å². The monoisotopic (exact) mass is 424 g/mol. The molecule has 1 aromatic heterocycles. The van der Waals surface area contributed by atoms with Gasteiger partial charge in [-0.2, -0.15) is 10.2 Å². The molecule has 1 aliphatic heterocycles. The van der Waals surface area contributed by atoms with E-state index < -0.39 is 5.60 Å². The van der Waals surface area contributed by atoms with E-state index in [4.69, 9.17) is 20.9 Å². The van der Waals surface area contributed by atoms with Crippen molar-refractivity contribution in [2.45, 2.75) is 51.9 Å². The van der Waals surface area contributed by atoms with Crippen molar-refractivity contribution in [1.29, 1.82) is 5.26 Å². The van der Waals surface area contributed by atoms with E-state index in [1.165, 1.54) is 0 Å².